The highest BCUT2D eigenvalue weighted by molar-refractivity contribution is 5.85. The first-order valence-electron chi connectivity index (χ1n) is 6.80. The van der Waals surface area contributed by atoms with Crippen molar-refractivity contribution in [3.05, 3.63) is 30.1 Å². The molecule has 2 unspecified atom stereocenters. The standard InChI is InChI=1S/C15H20FNO2/c1-3-19-14(18)15(10-6-7-11(15)2)17-13-9-5-4-8-12(13)16/h4-5,8-9,11,17H,3,6-7,10H2,1-2H3. The minimum absolute atomic E-state index is 0.131. The molecule has 1 aliphatic carbocycles. The van der Waals surface area contributed by atoms with Crippen LogP contribution in [0.1, 0.15) is 33.1 Å². The fraction of sp³-hybridized carbons (Fsp3) is 0.533. The van der Waals surface area contributed by atoms with Gasteiger partial charge in [0.05, 0.1) is 12.3 Å². The Morgan fingerprint density at radius 1 is 1.53 bits per heavy atom. The lowest BCUT2D eigenvalue weighted by Gasteiger charge is -2.33. The molecule has 19 heavy (non-hydrogen) atoms. The van der Waals surface area contributed by atoms with Gasteiger partial charge in [0.25, 0.3) is 0 Å². The minimum Gasteiger partial charge on any atom is -0.464 e. The van der Waals surface area contributed by atoms with Gasteiger partial charge in [-0.05, 0) is 37.8 Å². The zero-order valence-electron chi connectivity index (χ0n) is 11.4. The molecule has 3 nitrogen and oxygen atoms in total. The summed E-state index contributed by atoms with van der Waals surface area (Å²) in [6.45, 7) is 4.14. The summed E-state index contributed by atoms with van der Waals surface area (Å²) in [5.74, 6) is -0.486. The quantitative estimate of drug-likeness (QED) is 0.848. The van der Waals surface area contributed by atoms with E-state index >= 15 is 0 Å². The van der Waals surface area contributed by atoms with Crippen LogP contribution in [0.3, 0.4) is 0 Å². The van der Waals surface area contributed by atoms with E-state index in [1.165, 1.54) is 6.07 Å². The SMILES string of the molecule is CCOC(=O)C1(Nc2ccccc2F)CCCC1C. The summed E-state index contributed by atoms with van der Waals surface area (Å²) in [6, 6.07) is 6.43. The van der Waals surface area contributed by atoms with Gasteiger partial charge in [-0.15, -0.1) is 0 Å². The molecule has 104 valence electrons. The predicted molar refractivity (Wildman–Crippen MR) is 72.4 cm³/mol. The normalized spacial score (nSPS) is 26.2. The van der Waals surface area contributed by atoms with Gasteiger partial charge in [0.15, 0.2) is 0 Å². The van der Waals surface area contributed by atoms with Crippen LogP contribution in [-0.2, 0) is 9.53 Å². The molecule has 0 aromatic heterocycles. The number of anilines is 1. The number of ether oxygens (including phenoxy) is 1. The van der Waals surface area contributed by atoms with E-state index in [1.54, 1.807) is 25.1 Å². The van der Waals surface area contributed by atoms with Crippen LogP contribution in [0.5, 0.6) is 0 Å². The van der Waals surface area contributed by atoms with Gasteiger partial charge in [-0.25, -0.2) is 9.18 Å². The van der Waals surface area contributed by atoms with Crippen molar-refractivity contribution in [2.45, 2.75) is 38.6 Å². The Morgan fingerprint density at radius 3 is 2.84 bits per heavy atom. The van der Waals surface area contributed by atoms with E-state index in [0.29, 0.717) is 18.7 Å². The molecule has 1 aliphatic rings. The Balaban J connectivity index is 2.29. The second kappa shape index (κ2) is 5.59. The average molecular weight is 265 g/mol. The molecule has 1 aromatic carbocycles. The number of rotatable bonds is 4. The van der Waals surface area contributed by atoms with Crippen LogP contribution in [0.15, 0.2) is 24.3 Å². The fourth-order valence-corrected chi connectivity index (χ4v) is 2.78. The van der Waals surface area contributed by atoms with Crippen molar-refractivity contribution in [2.75, 3.05) is 11.9 Å². The molecular weight excluding hydrogens is 245 g/mol. The molecule has 0 bridgehead atoms. The number of benzene rings is 1. The fourth-order valence-electron chi connectivity index (χ4n) is 2.78. The van der Waals surface area contributed by atoms with Gasteiger partial charge >= 0.3 is 5.97 Å². The largest absolute Gasteiger partial charge is 0.464 e. The topological polar surface area (TPSA) is 38.3 Å². The molecule has 0 radical (unpaired) electrons. The van der Waals surface area contributed by atoms with Gasteiger partial charge in [0.2, 0.25) is 0 Å². The number of hydrogen-bond acceptors (Lipinski definition) is 3. The Bertz CT molecular complexity index is 463. The van der Waals surface area contributed by atoms with Crippen molar-refractivity contribution in [3.8, 4) is 0 Å². The minimum atomic E-state index is -0.793. The molecule has 1 aromatic rings. The average Bonchev–Trinajstić information content (AvgIpc) is 2.75. The van der Waals surface area contributed by atoms with Gasteiger partial charge < -0.3 is 10.1 Å². The maximum absolute atomic E-state index is 13.8. The van der Waals surface area contributed by atoms with E-state index in [9.17, 15) is 9.18 Å². The Labute approximate surface area is 113 Å². The molecule has 0 amide bonds. The third-order valence-corrected chi connectivity index (χ3v) is 3.92. The Kier molecular flexibility index (Phi) is 4.08. The summed E-state index contributed by atoms with van der Waals surface area (Å²) in [5, 5.41) is 3.11. The van der Waals surface area contributed by atoms with Crippen LogP contribution in [0.2, 0.25) is 0 Å². The first-order chi connectivity index (χ1) is 9.10. The molecule has 0 aliphatic heterocycles. The van der Waals surface area contributed by atoms with Gasteiger partial charge in [-0.1, -0.05) is 25.5 Å². The van der Waals surface area contributed by atoms with Crippen LogP contribution in [-0.4, -0.2) is 18.1 Å². The summed E-state index contributed by atoms with van der Waals surface area (Å²) < 4.78 is 19.0. The summed E-state index contributed by atoms with van der Waals surface area (Å²) in [4.78, 5) is 12.3. The number of esters is 1. The smallest absolute Gasteiger partial charge is 0.332 e. The number of halogens is 1. The number of carbonyl (C=O) groups is 1. The van der Waals surface area contributed by atoms with Crippen molar-refractivity contribution < 1.29 is 13.9 Å². The maximum atomic E-state index is 13.8. The van der Waals surface area contributed by atoms with E-state index in [0.717, 1.165) is 12.8 Å². The summed E-state index contributed by atoms with van der Waals surface area (Å²) in [7, 11) is 0. The van der Waals surface area contributed by atoms with E-state index in [2.05, 4.69) is 5.32 Å². The van der Waals surface area contributed by atoms with Crippen LogP contribution >= 0.6 is 0 Å². The molecule has 1 fully saturated rings. The highest BCUT2D eigenvalue weighted by Gasteiger charge is 2.48. The third-order valence-electron chi connectivity index (χ3n) is 3.92. The number of carbonyl (C=O) groups excluding carboxylic acids is 1. The zero-order chi connectivity index (χ0) is 13.9. The van der Waals surface area contributed by atoms with Crippen LogP contribution < -0.4 is 5.32 Å². The summed E-state index contributed by atoms with van der Waals surface area (Å²) >= 11 is 0. The number of hydrogen-bond donors (Lipinski definition) is 1. The molecular formula is C15H20FNO2. The van der Waals surface area contributed by atoms with Crippen molar-refractivity contribution >= 4 is 11.7 Å². The first kappa shape index (κ1) is 13.8. The monoisotopic (exact) mass is 265 g/mol. The Hall–Kier alpha value is -1.58. The lowest BCUT2D eigenvalue weighted by molar-refractivity contribution is -0.149. The highest BCUT2D eigenvalue weighted by atomic mass is 19.1. The molecule has 0 spiro atoms. The molecule has 1 saturated carbocycles. The van der Waals surface area contributed by atoms with Crippen molar-refractivity contribution in [1.29, 1.82) is 0 Å². The Morgan fingerprint density at radius 2 is 2.26 bits per heavy atom. The molecule has 0 heterocycles. The molecule has 2 rings (SSSR count). The van der Waals surface area contributed by atoms with E-state index < -0.39 is 5.54 Å². The second-order valence-electron chi connectivity index (χ2n) is 5.09. The molecule has 0 saturated heterocycles. The first-order valence-corrected chi connectivity index (χ1v) is 6.80. The maximum Gasteiger partial charge on any atom is 0.332 e. The van der Waals surface area contributed by atoms with Crippen LogP contribution in [0.4, 0.5) is 10.1 Å². The molecule has 1 N–H and O–H groups in total. The molecule has 4 heteroatoms. The van der Waals surface area contributed by atoms with Gasteiger partial charge in [-0.2, -0.15) is 0 Å². The lowest BCUT2D eigenvalue weighted by atomic mass is 9.88. The van der Waals surface area contributed by atoms with E-state index in [1.807, 2.05) is 6.92 Å². The van der Waals surface area contributed by atoms with Crippen LogP contribution in [0, 0.1) is 11.7 Å². The van der Waals surface area contributed by atoms with Crippen molar-refractivity contribution in [3.63, 3.8) is 0 Å². The zero-order valence-corrected chi connectivity index (χ0v) is 11.4. The lowest BCUT2D eigenvalue weighted by Crippen LogP contribution is -2.49. The van der Waals surface area contributed by atoms with Crippen LogP contribution in [0.25, 0.3) is 0 Å². The third kappa shape index (κ3) is 2.57. The molecule has 2 atom stereocenters. The second-order valence-corrected chi connectivity index (χ2v) is 5.09. The highest BCUT2D eigenvalue weighted by Crippen LogP contribution is 2.39. The van der Waals surface area contributed by atoms with Gasteiger partial charge in [0.1, 0.15) is 11.4 Å². The van der Waals surface area contributed by atoms with Gasteiger partial charge in [0, 0.05) is 0 Å². The number of nitrogens with one attached hydrogen (secondary N) is 1. The number of para-hydroxylation sites is 1. The van der Waals surface area contributed by atoms with Gasteiger partial charge in [-0.3, -0.25) is 0 Å². The van der Waals surface area contributed by atoms with Crippen molar-refractivity contribution in [1.82, 2.24) is 0 Å². The predicted octanol–water partition coefficient (Wildman–Crippen LogP) is 3.36. The van der Waals surface area contributed by atoms with Crippen molar-refractivity contribution in [2.24, 2.45) is 5.92 Å². The summed E-state index contributed by atoms with van der Waals surface area (Å²) in [6.07, 6.45) is 2.57. The summed E-state index contributed by atoms with van der Waals surface area (Å²) in [5.41, 5.74) is -0.428. The van der Waals surface area contributed by atoms with E-state index in [4.69, 9.17) is 4.74 Å². The van der Waals surface area contributed by atoms with E-state index in [-0.39, 0.29) is 17.7 Å².